The third kappa shape index (κ3) is 3.89. The molecule has 8 nitrogen and oxygen atoms in total. The summed E-state index contributed by atoms with van der Waals surface area (Å²) < 4.78 is 7.03. The van der Waals surface area contributed by atoms with Gasteiger partial charge in [-0.3, -0.25) is 4.79 Å². The summed E-state index contributed by atoms with van der Waals surface area (Å²) in [7, 11) is 0. The quantitative estimate of drug-likeness (QED) is 0.743. The molecule has 0 atom stereocenters. The smallest absolute Gasteiger partial charge is 0.258 e. The maximum absolute atomic E-state index is 12.2. The van der Waals surface area contributed by atoms with Crippen molar-refractivity contribution < 1.29 is 9.32 Å². The second kappa shape index (κ2) is 7.30. The van der Waals surface area contributed by atoms with E-state index in [9.17, 15) is 4.79 Å². The average molecular weight is 368 g/mol. The molecular formula is C19H24N6O2. The van der Waals surface area contributed by atoms with E-state index >= 15 is 0 Å². The Kier molecular flexibility index (Phi) is 5.07. The average Bonchev–Trinajstić information content (AvgIpc) is 3.27. The lowest BCUT2D eigenvalue weighted by atomic mass is 9.96. The van der Waals surface area contributed by atoms with Gasteiger partial charge in [0.1, 0.15) is 0 Å². The zero-order chi connectivity index (χ0) is 19.6. The first kappa shape index (κ1) is 18.8. The van der Waals surface area contributed by atoms with E-state index in [1.54, 1.807) is 23.1 Å². The van der Waals surface area contributed by atoms with Gasteiger partial charge in [-0.25, -0.2) is 9.67 Å². The summed E-state index contributed by atoms with van der Waals surface area (Å²) in [4.78, 5) is 21.1. The maximum Gasteiger partial charge on any atom is 0.258 e. The molecule has 0 aliphatic carbocycles. The van der Waals surface area contributed by atoms with Gasteiger partial charge in [0, 0.05) is 23.7 Å². The molecule has 0 radical (unpaired) electrons. The third-order valence-electron chi connectivity index (χ3n) is 4.10. The first-order valence-electron chi connectivity index (χ1n) is 8.95. The Balaban J connectivity index is 1.91. The largest absolute Gasteiger partial charge is 0.352 e. The number of pyridine rings is 1. The van der Waals surface area contributed by atoms with Gasteiger partial charge in [0.25, 0.3) is 11.8 Å². The minimum absolute atomic E-state index is 0.136. The lowest BCUT2D eigenvalue weighted by Crippen LogP contribution is -2.24. The zero-order valence-corrected chi connectivity index (χ0v) is 16.3. The molecule has 3 rings (SSSR count). The highest BCUT2D eigenvalue weighted by Crippen LogP contribution is 2.24. The second-order valence-electron chi connectivity index (χ2n) is 7.39. The summed E-state index contributed by atoms with van der Waals surface area (Å²) in [5.41, 5.74) is 1.80. The van der Waals surface area contributed by atoms with Crippen LogP contribution in [0.2, 0.25) is 0 Å². The highest BCUT2D eigenvalue weighted by molar-refractivity contribution is 5.95. The van der Waals surface area contributed by atoms with Crippen molar-refractivity contribution in [2.24, 2.45) is 0 Å². The van der Waals surface area contributed by atoms with E-state index in [4.69, 9.17) is 4.52 Å². The van der Waals surface area contributed by atoms with Crippen LogP contribution in [0.15, 0.2) is 29.0 Å². The van der Waals surface area contributed by atoms with E-state index in [-0.39, 0.29) is 11.3 Å². The minimum Gasteiger partial charge on any atom is -0.352 e. The van der Waals surface area contributed by atoms with E-state index in [1.165, 1.54) is 0 Å². The molecule has 3 aromatic rings. The Morgan fingerprint density at radius 1 is 1.33 bits per heavy atom. The van der Waals surface area contributed by atoms with Crippen LogP contribution in [0, 0.1) is 6.92 Å². The molecule has 3 heterocycles. The molecule has 3 aromatic heterocycles. The van der Waals surface area contributed by atoms with E-state index in [0.29, 0.717) is 35.3 Å². The van der Waals surface area contributed by atoms with E-state index in [0.717, 1.165) is 12.0 Å². The molecule has 1 N–H and O–H groups in total. The number of nitrogens with one attached hydrogen (secondary N) is 1. The summed E-state index contributed by atoms with van der Waals surface area (Å²) in [6.07, 6.45) is 4.09. The SMILES string of the molecule is CCCNC(=O)c1cnn(-c2cc(-c3nc(C(C)(C)C)no3)ccn2)c1C. The summed E-state index contributed by atoms with van der Waals surface area (Å²) in [6.45, 7) is 10.6. The molecule has 0 aromatic carbocycles. The van der Waals surface area contributed by atoms with Gasteiger partial charge in [-0.15, -0.1) is 0 Å². The summed E-state index contributed by atoms with van der Waals surface area (Å²) in [6, 6.07) is 3.62. The van der Waals surface area contributed by atoms with Crippen molar-refractivity contribution in [3.05, 3.63) is 41.6 Å². The Bertz CT molecular complexity index is 951. The van der Waals surface area contributed by atoms with Crippen LogP contribution in [0.25, 0.3) is 17.3 Å². The van der Waals surface area contributed by atoms with Crippen molar-refractivity contribution in [2.75, 3.05) is 6.54 Å². The number of amides is 1. The van der Waals surface area contributed by atoms with Gasteiger partial charge in [0.05, 0.1) is 17.5 Å². The van der Waals surface area contributed by atoms with Crippen LogP contribution < -0.4 is 5.32 Å². The molecular weight excluding hydrogens is 344 g/mol. The molecule has 0 bridgehead atoms. The van der Waals surface area contributed by atoms with Crippen molar-refractivity contribution in [2.45, 2.75) is 46.5 Å². The van der Waals surface area contributed by atoms with Crippen molar-refractivity contribution in [3.63, 3.8) is 0 Å². The Labute approximate surface area is 158 Å². The van der Waals surface area contributed by atoms with Crippen LogP contribution >= 0.6 is 0 Å². The number of nitrogens with zero attached hydrogens (tertiary/aromatic N) is 5. The van der Waals surface area contributed by atoms with E-state index in [2.05, 4.69) is 25.5 Å². The molecule has 0 aliphatic rings. The Hall–Kier alpha value is -3.03. The van der Waals surface area contributed by atoms with Gasteiger partial charge in [0.2, 0.25) is 0 Å². The topological polar surface area (TPSA) is 98.7 Å². The maximum atomic E-state index is 12.2. The van der Waals surface area contributed by atoms with Gasteiger partial charge < -0.3 is 9.84 Å². The number of rotatable bonds is 5. The highest BCUT2D eigenvalue weighted by Gasteiger charge is 2.22. The number of hydrogen-bond donors (Lipinski definition) is 1. The van der Waals surface area contributed by atoms with Crippen molar-refractivity contribution in [1.82, 2.24) is 30.2 Å². The summed E-state index contributed by atoms with van der Waals surface area (Å²) >= 11 is 0. The van der Waals surface area contributed by atoms with Crippen LogP contribution in [0.4, 0.5) is 0 Å². The molecule has 8 heteroatoms. The molecule has 0 fully saturated rings. The van der Waals surface area contributed by atoms with E-state index in [1.807, 2.05) is 40.7 Å². The summed E-state index contributed by atoms with van der Waals surface area (Å²) in [5, 5.41) is 11.2. The van der Waals surface area contributed by atoms with E-state index < -0.39 is 0 Å². The molecule has 142 valence electrons. The third-order valence-corrected chi connectivity index (χ3v) is 4.10. The molecule has 0 saturated heterocycles. The highest BCUT2D eigenvalue weighted by atomic mass is 16.5. The van der Waals surface area contributed by atoms with Crippen molar-refractivity contribution in [1.29, 1.82) is 0 Å². The fraction of sp³-hybridized carbons (Fsp3) is 0.421. The van der Waals surface area contributed by atoms with Crippen LogP contribution in [-0.4, -0.2) is 37.4 Å². The first-order valence-corrected chi connectivity index (χ1v) is 8.95. The van der Waals surface area contributed by atoms with Gasteiger partial charge in [-0.05, 0) is 25.5 Å². The second-order valence-corrected chi connectivity index (χ2v) is 7.39. The minimum atomic E-state index is -0.197. The molecule has 1 amide bonds. The van der Waals surface area contributed by atoms with Crippen LogP contribution in [0.1, 0.15) is 56.0 Å². The van der Waals surface area contributed by atoms with Crippen molar-refractivity contribution >= 4 is 5.91 Å². The fourth-order valence-electron chi connectivity index (χ4n) is 2.51. The van der Waals surface area contributed by atoms with Crippen LogP contribution in [0.3, 0.4) is 0 Å². The molecule has 27 heavy (non-hydrogen) atoms. The number of carbonyl (C=O) groups excluding carboxylic acids is 1. The standard InChI is InChI=1S/C19H24N6O2/c1-6-8-21-16(26)14-11-22-25(12(14)2)15-10-13(7-9-20-15)17-23-18(24-27-17)19(3,4)5/h7,9-11H,6,8H2,1-5H3,(H,21,26). The molecule has 0 unspecified atom stereocenters. The van der Waals surface area contributed by atoms with Gasteiger partial charge in [0.15, 0.2) is 11.6 Å². The van der Waals surface area contributed by atoms with Gasteiger partial charge >= 0.3 is 0 Å². The van der Waals surface area contributed by atoms with Crippen LogP contribution in [-0.2, 0) is 5.41 Å². The molecule has 0 spiro atoms. The van der Waals surface area contributed by atoms with Crippen LogP contribution in [0.5, 0.6) is 0 Å². The predicted octanol–water partition coefficient (Wildman–Crippen LogP) is 3.06. The normalized spacial score (nSPS) is 11.6. The number of hydrogen-bond acceptors (Lipinski definition) is 6. The molecule has 0 saturated carbocycles. The number of carbonyl (C=O) groups is 1. The van der Waals surface area contributed by atoms with Gasteiger partial charge in [-0.2, -0.15) is 10.1 Å². The monoisotopic (exact) mass is 368 g/mol. The zero-order valence-electron chi connectivity index (χ0n) is 16.3. The Morgan fingerprint density at radius 3 is 2.78 bits per heavy atom. The molecule has 0 aliphatic heterocycles. The Morgan fingerprint density at radius 2 is 2.11 bits per heavy atom. The lowest BCUT2D eigenvalue weighted by Gasteiger charge is -2.10. The predicted molar refractivity (Wildman–Crippen MR) is 101 cm³/mol. The summed E-state index contributed by atoms with van der Waals surface area (Å²) in [5.74, 6) is 1.51. The number of aromatic nitrogens is 5. The first-order chi connectivity index (χ1) is 12.8. The van der Waals surface area contributed by atoms with Crippen molar-refractivity contribution in [3.8, 4) is 17.3 Å². The van der Waals surface area contributed by atoms with Gasteiger partial charge in [-0.1, -0.05) is 32.9 Å². The fourth-order valence-corrected chi connectivity index (χ4v) is 2.51. The lowest BCUT2D eigenvalue weighted by molar-refractivity contribution is 0.0953.